The minimum atomic E-state index is -3.91. The van der Waals surface area contributed by atoms with E-state index in [1.54, 1.807) is 0 Å². The summed E-state index contributed by atoms with van der Waals surface area (Å²) in [4.78, 5) is 12.9. The van der Waals surface area contributed by atoms with Gasteiger partial charge in [-0.15, -0.1) is 0 Å². The van der Waals surface area contributed by atoms with Gasteiger partial charge in [-0.05, 0) is 49.2 Å². The highest BCUT2D eigenvalue weighted by atomic mass is 35.5. The minimum absolute atomic E-state index is 0.0817. The number of halogens is 1. The monoisotopic (exact) mass is 456 g/mol. The first-order valence-corrected chi connectivity index (χ1v) is 11.7. The van der Waals surface area contributed by atoms with Gasteiger partial charge in [-0.1, -0.05) is 71.8 Å². The fourth-order valence-corrected chi connectivity index (χ4v) is 4.66. The highest BCUT2D eigenvalue weighted by Gasteiger charge is 2.27. The number of carbonyl (C=O) groups is 1. The van der Waals surface area contributed by atoms with Gasteiger partial charge in [0.15, 0.2) is 0 Å². The molecule has 31 heavy (non-hydrogen) atoms. The van der Waals surface area contributed by atoms with Crippen LogP contribution in [0.15, 0.2) is 83.8 Å². The first-order valence-electron chi connectivity index (χ1n) is 9.91. The molecule has 5 nitrogen and oxygen atoms in total. The van der Waals surface area contributed by atoms with Crippen LogP contribution in [0.4, 0.5) is 0 Å². The van der Waals surface area contributed by atoms with Gasteiger partial charge in [0.25, 0.3) is 0 Å². The van der Waals surface area contributed by atoms with Gasteiger partial charge in [0.05, 0.1) is 17.5 Å². The molecule has 3 rings (SSSR count). The molecule has 0 aliphatic heterocycles. The second kappa shape index (κ2) is 10.1. The molecule has 0 bridgehead atoms. The second-order valence-electron chi connectivity index (χ2n) is 7.41. The molecule has 3 aromatic rings. The zero-order chi connectivity index (χ0) is 22.4. The number of carbonyl (C=O) groups excluding carboxylic acids is 1. The molecular formula is C24H25ClN2O3S. The predicted molar refractivity (Wildman–Crippen MR) is 123 cm³/mol. The Morgan fingerprint density at radius 3 is 2.19 bits per heavy atom. The molecule has 0 heterocycles. The Hall–Kier alpha value is -2.67. The van der Waals surface area contributed by atoms with Crippen molar-refractivity contribution in [3.8, 4) is 0 Å². The summed E-state index contributed by atoms with van der Waals surface area (Å²) in [6.07, 6.45) is 0. The van der Waals surface area contributed by atoms with Crippen molar-refractivity contribution in [3.63, 3.8) is 0 Å². The van der Waals surface area contributed by atoms with Gasteiger partial charge in [0.2, 0.25) is 15.9 Å². The lowest BCUT2D eigenvalue weighted by Crippen LogP contribution is -2.41. The second-order valence-corrected chi connectivity index (χ2v) is 9.79. The number of nitrogens with one attached hydrogen (secondary N) is 1. The van der Waals surface area contributed by atoms with Crippen molar-refractivity contribution in [1.82, 2.24) is 9.62 Å². The maximum Gasteiger partial charge on any atom is 0.243 e. The third kappa shape index (κ3) is 6.17. The maximum absolute atomic E-state index is 13.3. The normalized spacial score (nSPS) is 12.5. The average Bonchev–Trinajstić information content (AvgIpc) is 2.75. The van der Waals surface area contributed by atoms with Crippen LogP contribution >= 0.6 is 11.6 Å². The fourth-order valence-electron chi connectivity index (χ4n) is 3.15. The maximum atomic E-state index is 13.3. The molecule has 0 aromatic heterocycles. The first kappa shape index (κ1) is 23.0. The predicted octanol–water partition coefficient (Wildman–Crippen LogP) is 4.72. The Labute approximate surface area is 188 Å². The van der Waals surface area contributed by atoms with E-state index in [4.69, 9.17) is 11.6 Å². The van der Waals surface area contributed by atoms with E-state index < -0.39 is 10.0 Å². The summed E-state index contributed by atoms with van der Waals surface area (Å²) in [7, 11) is -3.91. The number of hydrogen-bond donors (Lipinski definition) is 1. The fraction of sp³-hybridized carbons (Fsp3) is 0.208. The summed E-state index contributed by atoms with van der Waals surface area (Å²) in [5.74, 6) is -0.374. The molecule has 162 valence electrons. The standard InChI is InChI=1S/C24H25ClN2O3S/c1-18-8-10-20(11-9-18)16-27(31(29,30)23-14-12-22(25)13-15-23)17-24(28)26-19(2)21-6-4-3-5-7-21/h3-15,19H,16-17H2,1-2H3,(H,26,28)/t19-/m0/s1. The molecule has 0 radical (unpaired) electrons. The Balaban J connectivity index is 1.83. The van der Waals surface area contributed by atoms with E-state index in [-0.39, 0.29) is 29.9 Å². The lowest BCUT2D eigenvalue weighted by molar-refractivity contribution is -0.122. The Morgan fingerprint density at radius 1 is 0.968 bits per heavy atom. The van der Waals surface area contributed by atoms with E-state index in [0.717, 1.165) is 16.7 Å². The zero-order valence-corrected chi connectivity index (χ0v) is 19.0. The van der Waals surface area contributed by atoms with Crippen LogP contribution in [-0.4, -0.2) is 25.2 Å². The first-order chi connectivity index (χ1) is 14.8. The van der Waals surface area contributed by atoms with E-state index in [0.29, 0.717) is 5.02 Å². The molecule has 1 N–H and O–H groups in total. The molecule has 0 aliphatic carbocycles. The SMILES string of the molecule is Cc1ccc(CN(CC(=O)N[C@@H](C)c2ccccc2)S(=O)(=O)c2ccc(Cl)cc2)cc1. The van der Waals surface area contributed by atoms with Crippen molar-refractivity contribution in [3.05, 3.63) is 101 Å². The van der Waals surface area contributed by atoms with Crippen LogP contribution in [0.5, 0.6) is 0 Å². The van der Waals surface area contributed by atoms with Gasteiger partial charge in [-0.25, -0.2) is 8.42 Å². The van der Waals surface area contributed by atoms with Gasteiger partial charge >= 0.3 is 0 Å². The van der Waals surface area contributed by atoms with Crippen molar-refractivity contribution in [1.29, 1.82) is 0 Å². The molecular weight excluding hydrogens is 432 g/mol. The molecule has 3 aromatic carbocycles. The molecule has 0 fully saturated rings. The molecule has 0 saturated carbocycles. The summed E-state index contributed by atoms with van der Waals surface area (Å²) >= 11 is 5.91. The van der Waals surface area contributed by atoms with Crippen molar-refractivity contribution >= 4 is 27.5 Å². The van der Waals surface area contributed by atoms with Gasteiger partial charge in [-0.2, -0.15) is 4.31 Å². The summed E-state index contributed by atoms with van der Waals surface area (Å²) in [5.41, 5.74) is 2.82. The molecule has 7 heteroatoms. The Kier molecular flexibility index (Phi) is 7.49. The van der Waals surface area contributed by atoms with Crippen LogP contribution in [0.1, 0.15) is 29.7 Å². The molecule has 1 atom stereocenters. The van der Waals surface area contributed by atoms with Gasteiger partial charge < -0.3 is 5.32 Å². The lowest BCUT2D eigenvalue weighted by Gasteiger charge is -2.23. The van der Waals surface area contributed by atoms with Crippen LogP contribution < -0.4 is 5.32 Å². The largest absolute Gasteiger partial charge is 0.348 e. The van der Waals surface area contributed by atoms with Crippen molar-refractivity contribution in [2.75, 3.05) is 6.54 Å². The number of sulfonamides is 1. The van der Waals surface area contributed by atoms with Crippen LogP contribution in [0, 0.1) is 6.92 Å². The van der Waals surface area contributed by atoms with Crippen LogP contribution in [-0.2, 0) is 21.4 Å². The number of rotatable bonds is 8. The average molecular weight is 457 g/mol. The van der Waals surface area contributed by atoms with Gasteiger partial charge in [0.1, 0.15) is 0 Å². The topological polar surface area (TPSA) is 66.5 Å². The Bertz CT molecular complexity index is 1120. The van der Waals surface area contributed by atoms with Gasteiger partial charge in [-0.3, -0.25) is 4.79 Å². The highest BCUT2D eigenvalue weighted by Crippen LogP contribution is 2.21. The number of benzene rings is 3. The number of nitrogens with zero attached hydrogens (tertiary/aromatic N) is 1. The quantitative estimate of drug-likeness (QED) is 0.533. The van der Waals surface area contributed by atoms with Crippen LogP contribution in [0.3, 0.4) is 0 Å². The van der Waals surface area contributed by atoms with E-state index >= 15 is 0 Å². The van der Waals surface area contributed by atoms with Crippen LogP contribution in [0.25, 0.3) is 0 Å². The minimum Gasteiger partial charge on any atom is -0.348 e. The smallest absolute Gasteiger partial charge is 0.243 e. The van der Waals surface area contributed by atoms with E-state index in [2.05, 4.69) is 5.32 Å². The van der Waals surface area contributed by atoms with Crippen molar-refractivity contribution in [2.24, 2.45) is 0 Å². The third-order valence-corrected chi connectivity index (χ3v) is 6.99. The van der Waals surface area contributed by atoms with Crippen LogP contribution in [0.2, 0.25) is 5.02 Å². The molecule has 0 saturated heterocycles. The molecule has 0 aliphatic rings. The number of hydrogen-bond acceptors (Lipinski definition) is 3. The molecule has 1 amide bonds. The van der Waals surface area contributed by atoms with Crippen molar-refractivity contribution < 1.29 is 13.2 Å². The number of amides is 1. The third-order valence-electron chi connectivity index (χ3n) is 4.93. The molecule has 0 spiro atoms. The summed E-state index contributed by atoms with van der Waals surface area (Å²) in [5, 5.41) is 3.33. The lowest BCUT2D eigenvalue weighted by atomic mass is 10.1. The van der Waals surface area contributed by atoms with Crippen molar-refractivity contribution in [2.45, 2.75) is 31.3 Å². The summed E-state index contributed by atoms with van der Waals surface area (Å²) < 4.78 is 27.8. The van der Waals surface area contributed by atoms with E-state index in [9.17, 15) is 13.2 Å². The van der Waals surface area contributed by atoms with E-state index in [1.165, 1.54) is 28.6 Å². The molecule has 0 unspecified atom stereocenters. The summed E-state index contributed by atoms with van der Waals surface area (Å²) in [6, 6.07) is 22.8. The summed E-state index contributed by atoms with van der Waals surface area (Å²) in [6.45, 7) is 3.62. The Morgan fingerprint density at radius 2 is 1.58 bits per heavy atom. The van der Waals surface area contributed by atoms with Gasteiger partial charge in [0, 0.05) is 11.6 Å². The highest BCUT2D eigenvalue weighted by molar-refractivity contribution is 7.89. The zero-order valence-electron chi connectivity index (χ0n) is 17.5. The van der Waals surface area contributed by atoms with E-state index in [1.807, 2.05) is 68.4 Å². The number of aryl methyl sites for hydroxylation is 1.